The summed E-state index contributed by atoms with van der Waals surface area (Å²) in [5, 5.41) is 12.3. The fourth-order valence-corrected chi connectivity index (χ4v) is 11.4. The number of nitrogens with zero attached hydrogens (tertiary/aromatic N) is 3. The second-order valence-electron chi connectivity index (χ2n) is 16.2. The molecule has 0 aliphatic carbocycles. The minimum atomic E-state index is 1.07. The Morgan fingerprint density at radius 3 is 1.33 bits per heavy atom. The molecule has 9 aromatic carbocycles. The number of pyridine rings is 2. The van der Waals surface area contributed by atoms with E-state index in [0.717, 1.165) is 49.0 Å². The van der Waals surface area contributed by atoms with Gasteiger partial charge in [-0.3, -0.25) is 0 Å². The van der Waals surface area contributed by atoms with Crippen molar-refractivity contribution in [1.29, 1.82) is 0 Å². The highest BCUT2D eigenvalue weighted by molar-refractivity contribution is 7.25. The SMILES string of the molecule is c1ccc2cc(-c3ccc4c(ccc5cc(N(c6ccc(-c7cnc8sc9ccccc9c8c7)cc6)c6ccc(-c7cnc8sc9ccccc9c8c7)cc6)ccc54)c3)ccc2c1. The number of rotatable bonds is 6. The van der Waals surface area contributed by atoms with Crippen molar-refractivity contribution in [3.05, 3.63) is 213 Å². The average Bonchev–Trinajstić information content (AvgIpc) is 3.92. The van der Waals surface area contributed by atoms with Crippen LogP contribution in [0.2, 0.25) is 0 Å². The molecule has 3 nitrogen and oxygen atoms in total. The van der Waals surface area contributed by atoms with Crippen molar-refractivity contribution < 1.29 is 0 Å². The van der Waals surface area contributed by atoms with Crippen molar-refractivity contribution in [3.63, 3.8) is 0 Å². The van der Waals surface area contributed by atoms with Gasteiger partial charge in [-0.1, -0.05) is 127 Å². The zero-order chi connectivity index (χ0) is 41.4. The van der Waals surface area contributed by atoms with Gasteiger partial charge in [0.2, 0.25) is 0 Å². The fourth-order valence-electron chi connectivity index (χ4n) is 9.33. The topological polar surface area (TPSA) is 29.0 Å². The van der Waals surface area contributed by atoms with Gasteiger partial charge in [-0.25, -0.2) is 9.97 Å². The Hall–Kier alpha value is -7.70. The molecule has 0 unspecified atom stereocenters. The first-order valence-electron chi connectivity index (χ1n) is 21.2. The highest BCUT2D eigenvalue weighted by Gasteiger charge is 2.17. The molecule has 63 heavy (non-hydrogen) atoms. The van der Waals surface area contributed by atoms with Gasteiger partial charge in [0.1, 0.15) is 9.66 Å². The predicted molar refractivity (Wildman–Crippen MR) is 271 cm³/mol. The van der Waals surface area contributed by atoms with E-state index >= 15 is 0 Å². The Kier molecular flexibility index (Phi) is 8.26. The minimum absolute atomic E-state index is 1.07. The number of fused-ring (bicyclic) bond motifs is 10. The lowest BCUT2D eigenvalue weighted by atomic mass is 9.96. The third-order valence-corrected chi connectivity index (χ3v) is 14.7. The average molecular weight is 838 g/mol. The van der Waals surface area contributed by atoms with E-state index in [-0.39, 0.29) is 0 Å². The maximum absolute atomic E-state index is 4.89. The van der Waals surface area contributed by atoms with Gasteiger partial charge in [-0.2, -0.15) is 0 Å². The molecule has 0 aliphatic heterocycles. The number of hydrogen-bond acceptors (Lipinski definition) is 5. The van der Waals surface area contributed by atoms with Crippen LogP contribution in [-0.2, 0) is 0 Å². The third-order valence-electron chi connectivity index (χ3n) is 12.5. The summed E-state index contributed by atoms with van der Waals surface area (Å²) in [6, 6.07) is 73.1. The standard InChI is InChI=1S/C58H35N3S2/c1-2-8-39-29-40(14-13-36(39)7-1)41-21-27-49-42(30-41)15-16-43-31-48(26-28-50(43)49)61(46-22-17-37(18-23-46)44-32-53-51-9-3-5-11-55(51)62-57(53)59-34-44)47-24-19-38(20-25-47)45-33-54-52-10-4-6-12-56(52)63-58(54)60-35-45/h1-35H. The largest absolute Gasteiger partial charge is 0.310 e. The van der Waals surface area contributed by atoms with E-state index in [1.807, 2.05) is 12.4 Å². The summed E-state index contributed by atoms with van der Waals surface area (Å²) in [6.45, 7) is 0. The fraction of sp³-hybridized carbons (Fsp3) is 0. The van der Waals surface area contributed by atoms with E-state index < -0.39 is 0 Å². The molecule has 4 aromatic heterocycles. The molecule has 13 rings (SSSR count). The summed E-state index contributed by atoms with van der Waals surface area (Å²) in [4.78, 5) is 14.3. The summed E-state index contributed by atoms with van der Waals surface area (Å²) in [7, 11) is 0. The van der Waals surface area contributed by atoms with Gasteiger partial charge in [0.25, 0.3) is 0 Å². The summed E-state index contributed by atoms with van der Waals surface area (Å²) in [5.41, 5.74) is 10.2. The number of benzene rings is 9. The molecule has 0 saturated carbocycles. The summed E-state index contributed by atoms with van der Waals surface area (Å²) < 4.78 is 2.53. The first-order chi connectivity index (χ1) is 31.2. The molecular weight excluding hydrogens is 803 g/mol. The smallest absolute Gasteiger partial charge is 0.124 e. The van der Waals surface area contributed by atoms with Gasteiger partial charge >= 0.3 is 0 Å². The van der Waals surface area contributed by atoms with Crippen LogP contribution in [0.25, 0.3) is 106 Å². The second-order valence-corrected chi connectivity index (χ2v) is 18.3. The van der Waals surface area contributed by atoms with Crippen molar-refractivity contribution in [1.82, 2.24) is 9.97 Å². The van der Waals surface area contributed by atoms with Gasteiger partial charge in [0.15, 0.2) is 0 Å². The lowest BCUT2D eigenvalue weighted by Crippen LogP contribution is -2.09. The van der Waals surface area contributed by atoms with Crippen LogP contribution in [0.3, 0.4) is 0 Å². The number of aromatic nitrogens is 2. The molecule has 0 fully saturated rings. The lowest BCUT2D eigenvalue weighted by Gasteiger charge is -2.26. The Balaban J connectivity index is 0.891. The van der Waals surface area contributed by atoms with Crippen LogP contribution in [0.15, 0.2) is 213 Å². The zero-order valence-electron chi connectivity index (χ0n) is 33.9. The highest BCUT2D eigenvalue weighted by atomic mass is 32.1. The molecule has 294 valence electrons. The van der Waals surface area contributed by atoms with Crippen LogP contribution in [0.1, 0.15) is 0 Å². The lowest BCUT2D eigenvalue weighted by molar-refractivity contribution is 1.29. The molecule has 0 aliphatic rings. The monoisotopic (exact) mass is 837 g/mol. The Morgan fingerprint density at radius 1 is 0.286 bits per heavy atom. The molecule has 13 aromatic rings. The molecule has 0 amide bonds. The highest BCUT2D eigenvalue weighted by Crippen LogP contribution is 2.41. The van der Waals surface area contributed by atoms with Crippen LogP contribution in [0.4, 0.5) is 17.1 Å². The van der Waals surface area contributed by atoms with E-state index in [1.165, 1.54) is 74.4 Å². The first kappa shape index (κ1) is 36.0. The van der Waals surface area contributed by atoms with Crippen LogP contribution >= 0.6 is 22.7 Å². The number of hydrogen-bond donors (Lipinski definition) is 0. The van der Waals surface area contributed by atoms with E-state index in [2.05, 4.69) is 205 Å². The predicted octanol–water partition coefficient (Wildman–Crippen LogP) is 17.1. The Morgan fingerprint density at radius 2 is 0.730 bits per heavy atom. The van der Waals surface area contributed by atoms with Gasteiger partial charge in [0, 0.05) is 71.5 Å². The van der Waals surface area contributed by atoms with Crippen LogP contribution in [0, 0.1) is 0 Å². The summed E-state index contributed by atoms with van der Waals surface area (Å²) >= 11 is 3.50. The molecule has 0 atom stereocenters. The quantitative estimate of drug-likeness (QED) is 0.156. The van der Waals surface area contributed by atoms with E-state index in [1.54, 1.807) is 22.7 Å². The Labute approximate surface area is 371 Å². The van der Waals surface area contributed by atoms with Gasteiger partial charge in [-0.05, 0) is 127 Å². The van der Waals surface area contributed by atoms with E-state index in [4.69, 9.17) is 9.97 Å². The van der Waals surface area contributed by atoms with Crippen LogP contribution in [0.5, 0.6) is 0 Å². The van der Waals surface area contributed by atoms with E-state index in [9.17, 15) is 0 Å². The van der Waals surface area contributed by atoms with Crippen molar-refractivity contribution in [2.75, 3.05) is 4.90 Å². The van der Waals surface area contributed by atoms with Gasteiger partial charge < -0.3 is 4.90 Å². The van der Waals surface area contributed by atoms with E-state index in [0.29, 0.717) is 0 Å². The summed E-state index contributed by atoms with van der Waals surface area (Å²) in [6.07, 6.45) is 4.01. The van der Waals surface area contributed by atoms with Crippen molar-refractivity contribution in [2.24, 2.45) is 0 Å². The van der Waals surface area contributed by atoms with Gasteiger partial charge in [0.05, 0.1) is 0 Å². The maximum Gasteiger partial charge on any atom is 0.124 e. The molecule has 0 bridgehead atoms. The molecule has 5 heteroatoms. The Bertz CT molecular complexity index is 3760. The molecule has 0 saturated heterocycles. The van der Waals surface area contributed by atoms with Crippen molar-refractivity contribution >= 4 is 113 Å². The second kappa shape index (κ2) is 14.5. The zero-order valence-corrected chi connectivity index (χ0v) is 35.5. The number of anilines is 3. The molecule has 0 radical (unpaired) electrons. The minimum Gasteiger partial charge on any atom is -0.310 e. The first-order valence-corrected chi connectivity index (χ1v) is 22.8. The van der Waals surface area contributed by atoms with Crippen molar-refractivity contribution in [2.45, 2.75) is 0 Å². The van der Waals surface area contributed by atoms with Gasteiger partial charge in [-0.15, -0.1) is 22.7 Å². The molecule has 4 heterocycles. The van der Waals surface area contributed by atoms with Crippen molar-refractivity contribution in [3.8, 4) is 33.4 Å². The molecule has 0 spiro atoms. The molecular formula is C58H35N3S2. The van der Waals surface area contributed by atoms with Crippen LogP contribution in [-0.4, -0.2) is 9.97 Å². The molecule has 0 N–H and O–H groups in total. The maximum atomic E-state index is 4.89. The summed E-state index contributed by atoms with van der Waals surface area (Å²) in [5.74, 6) is 0. The third kappa shape index (κ3) is 6.16. The van der Waals surface area contributed by atoms with Crippen LogP contribution < -0.4 is 4.90 Å². The number of thiophene rings is 2. The normalized spacial score (nSPS) is 11.8.